The van der Waals surface area contributed by atoms with Gasteiger partial charge in [-0.2, -0.15) is 0 Å². The molecule has 0 bridgehead atoms. The normalized spacial score (nSPS) is 16.3. The minimum atomic E-state index is -0.0979. The lowest BCUT2D eigenvalue weighted by Crippen LogP contribution is -2.28. The number of halogens is 1. The first-order valence-corrected chi connectivity index (χ1v) is 11.5. The Balaban J connectivity index is 1.58. The quantitative estimate of drug-likeness (QED) is 0.569. The van der Waals surface area contributed by atoms with Crippen molar-refractivity contribution >= 4 is 35.2 Å². The number of nitrogens with one attached hydrogen (secondary N) is 1. The van der Waals surface area contributed by atoms with E-state index in [1.807, 2.05) is 67.3 Å². The van der Waals surface area contributed by atoms with Crippen LogP contribution in [0.25, 0.3) is 0 Å². The van der Waals surface area contributed by atoms with Gasteiger partial charge in [0, 0.05) is 30.3 Å². The highest BCUT2D eigenvalue weighted by Gasteiger charge is 2.32. The molecule has 0 unspecified atom stereocenters. The van der Waals surface area contributed by atoms with Gasteiger partial charge in [0.05, 0.1) is 11.9 Å². The smallest absolute Gasteiger partial charge is 0.251 e. The van der Waals surface area contributed by atoms with E-state index < -0.39 is 0 Å². The van der Waals surface area contributed by atoms with Crippen molar-refractivity contribution in [3.8, 4) is 0 Å². The zero-order chi connectivity index (χ0) is 21.5. The Hall–Kier alpha value is -2.02. The third-order valence-corrected chi connectivity index (χ3v) is 6.26. The number of carbonyl (C=O) groups excluding carboxylic acids is 2. The molecule has 1 aliphatic rings. The zero-order valence-electron chi connectivity index (χ0n) is 17.3. The van der Waals surface area contributed by atoms with Gasteiger partial charge in [0.1, 0.15) is 5.37 Å². The lowest BCUT2D eigenvalue weighted by Gasteiger charge is -2.24. The molecule has 3 rings (SSSR count). The van der Waals surface area contributed by atoms with Gasteiger partial charge < -0.3 is 15.0 Å². The van der Waals surface area contributed by atoms with Crippen molar-refractivity contribution in [3.05, 3.63) is 70.2 Å². The fraction of sp³-hybridized carbons (Fsp3) is 0.391. The first-order chi connectivity index (χ1) is 14.4. The Kier molecular flexibility index (Phi) is 8.19. The van der Waals surface area contributed by atoms with Gasteiger partial charge in [-0.1, -0.05) is 35.9 Å². The number of carbonyl (C=O) groups is 2. The van der Waals surface area contributed by atoms with Crippen LogP contribution in [0.5, 0.6) is 0 Å². The summed E-state index contributed by atoms with van der Waals surface area (Å²) in [4.78, 5) is 26.6. The molecule has 0 aromatic heterocycles. The van der Waals surface area contributed by atoms with Crippen LogP contribution < -0.4 is 5.32 Å². The number of hydrogen-bond acceptors (Lipinski definition) is 4. The van der Waals surface area contributed by atoms with Crippen LogP contribution in [0.15, 0.2) is 48.5 Å². The van der Waals surface area contributed by atoms with Gasteiger partial charge >= 0.3 is 0 Å². The number of benzene rings is 2. The minimum Gasteiger partial charge on any atom is -0.379 e. The maximum absolute atomic E-state index is 12.4. The first-order valence-electron chi connectivity index (χ1n) is 10.1. The van der Waals surface area contributed by atoms with E-state index in [9.17, 15) is 9.59 Å². The van der Waals surface area contributed by atoms with Crippen LogP contribution in [0.4, 0.5) is 0 Å². The molecule has 0 saturated carbocycles. The lowest BCUT2D eigenvalue weighted by molar-refractivity contribution is -0.128. The molecular weight excluding hydrogens is 420 g/mol. The predicted molar refractivity (Wildman–Crippen MR) is 122 cm³/mol. The second-order valence-electron chi connectivity index (χ2n) is 7.46. The number of amides is 2. The van der Waals surface area contributed by atoms with E-state index in [4.69, 9.17) is 16.3 Å². The summed E-state index contributed by atoms with van der Waals surface area (Å²) >= 11 is 7.56. The minimum absolute atomic E-state index is 0.0570. The largest absolute Gasteiger partial charge is 0.379 e. The molecule has 1 aliphatic heterocycles. The molecule has 2 amide bonds. The maximum Gasteiger partial charge on any atom is 0.251 e. The maximum atomic E-state index is 12.4. The molecule has 1 N–H and O–H groups in total. The van der Waals surface area contributed by atoms with E-state index in [-0.39, 0.29) is 23.3 Å². The van der Waals surface area contributed by atoms with Gasteiger partial charge in [-0.3, -0.25) is 9.59 Å². The van der Waals surface area contributed by atoms with Crippen LogP contribution in [0, 0.1) is 0 Å². The van der Waals surface area contributed by atoms with Crippen molar-refractivity contribution < 1.29 is 14.3 Å². The van der Waals surface area contributed by atoms with Crippen LogP contribution in [0.1, 0.15) is 47.1 Å². The van der Waals surface area contributed by atoms with Crippen molar-refractivity contribution in [1.29, 1.82) is 0 Å². The third kappa shape index (κ3) is 6.24. The zero-order valence-corrected chi connectivity index (χ0v) is 18.8. The van der Waals surface area contributed by atoms with E-state index in [0.717, 1.165) is 17.5 Å². The molecule has 0 radical (unpaired) electrons. The molecule has 7 heteroatoms. The summed E-state index contributed by atoms with van der Waals surface area (Å²) in [5.74, 6) is 0.475. The van der Waals surface area contributed by atoms with E-state index in [0.29, 0.717) is 36.0 Å². The highest BCUT2D eigenvalue weighted by atomic mass is 35.5. The number of rotatable bonds is 9. The van der Waals surface area contributed by atoms with Gasteiger partial charge in [-0.25, -0.2) is 0 Å². The fourth-order valence-electron chi connectivity index (χ4n) is 3.18. The molecule has 160 valence electrons. The fourth-order valence-corrected chi connectivity index (χ4v) is 4.50. The molecule has 0 aliphatic carbocycles. The van der Waals surface area contributed by atoms with Crippen LogP contribution in [0.2, 0.25) is 5.02 Å². The number of ether oxygens (including phenoxy) is 1. The van der Waals surface area contributed by atoms with Crippen molar-refractivity contribution in [2.24, 2.45) is 0 Å². The van der Waals surface area contributed by atoms with Gasteiger partial charge in [0.2, 0.25) is 5.91 Å². The second kappa shape index (κ2) is 10.8. The van der Waals surface area contributed by atoms with Gasteiger partial charge in [-0.15, -0.1) is 11.8 Å². The summed E-state index contributed by atoms with van der Waals surface area (Å²) in [6, 6.07) is 15.1. The highest BCUT2D eigenvalue weighted by molar-refractivity contribution is 8.00. The molecule has 1 fully saturated rings. The number of hydrogen-bond donors (Lipinski definition) is 1. The highest BCUT2D eigenvalue weighted by Crippen LogP contribution is 2.39. The molecule has 1 saturated heterocycles. The molecule has 2 aromatic carbocycles. The first kappa shape index (κ1) is 22.7. The Morgan fingerprint density at radius 1 is 1.20 bits per heavy atom. The summed E-state index contributed by atoms with van der Waals surface area (Å²) in [6.07, 6.45) is 0.982. The Bertz CT molecular complexity index is 856. The van der Waals surface area contributed by atoms with E-state index in [1.54, 1.807) is 11.8 Å². The lowest BCUT2D eigenvalue weighted by atomic mass is 10.1. The molecule has 2 aromatic rings. The van der Waals surface area contributed by atoms with Crippen LogP contribution >= 0.6 is 23.4 Å². The molecular formula is C23H27ClN2O3S. The van der Waals surface area contributed by atoms with Crippen molar-refractivity contribution in [2.75, 3.05) is 18.9 Å². The van der Waals surface area contributed by atoms with Gasteiger partial charge in [0.25, 0.3) is 5.91 Å². The number of nitrogens with zero attached hydrogens (tertiary/aromatic N) is 1. The van der Waals surface area contributed by atoms with Crippen LogP contribution in [-0.2, 0) is 16.1 Å². The van der Waals surface area contributed by atoms with Crippen molar-refractivity contribution in [3.63, 3.8) is 0 Å². The van der Waals surface area contributed by atoms with Crippen molar-refractivity contribution in [2.45, 2.75) is 38.3 Å². The summed E-state index contributed by atoms with van der Waals surface area (Å²) in [6.45, 7) is 5.73. The number of thioether (sulfide) groups is 1. The molecule has 5 nitrogen and oxygen atoms in total. The summed E-state index contributed by atoms with van der Waals surface area (Å²) < 4.78 is 5.48. The van der Waals surface area contributed by atoms with E-state index in [1.165, 1.54) is 0 Å². The Labute approximate surface area is 187 Å². The summed E-state index contributed by atoms with van der Waals surface area (Å²) in [7, 11) is 0. The summed E-state index contributed by atoms with van der Waals surface area (Å²) in [5.41, 5.74) is 2.67. The third-order valence-electron chi connectivity index (χ3n) is 4.75. The van der Waals surface area contributed by atoms with E-state index >= 15 is 0 Å². The van der Waals surface area contributed by atoms with Gasteiger partial charge in [0.15, 0.2) is 0 Å². The Morgan fingerprint density at radius 2 is 1.90 bits per heavy atom. The molecule has 1 heterocycles. The average molecular weight is 447 g/mol. The molecule has 30 heavy (non-hydrogen) atoms. The van der Waals surface area contributed by atoms with Crippen LogP contribution in [0.3, 0.4) is 0 Å². The summed E-state index contributed by atoms with van der Waals surface area (Å²) in [5, 5.41) is 3.54. The van der Waals surface area contributed by atoms with E-state index in [2.05, 4.69) is 5.32 Å². The molecule has 1 atom stereocenters. The SMILES string of the molecule is CC(C)OCCCNC(=O)c1ccc([C@@H]2SCC(=O)N2Cc2ccc(Cl)cc2)cc1. The standard InChI is InChI=1S/C23H27ClN2O3S/c1-16(2)29-13-3-12-25-22(28)18-6-8-19(9-7-18)23-26(21(27)15-30-23)14-17-4-10-20(24)11-5-17/h4-11,16,23H,3,12-15H2,1-2H3,(H,25,28)/t23-/m0/s1. The van der Waals surface area contributed by atoms with Crippen LogP contribution in [-0.4, -0.2) is 41.7 Å². The Morgan fingerprint density at radius 3 is 2.57 bits per heavy atom. The second-order valence-corrected chi connectivity index (χ2v) is 8.97. The van der Waals surface area contributed by atoms with Crippen molar-refractivity contribution in [1.82, 2.24) is 10.2 Å². The molecule has 0 spiro atoms. The monoisotopic (exact) mass is 446 g/mol. The van der Waals surface area contributed by atoms with Gasteiger partial charge in [-0.05, 0) is 55.7 Å². The topological polar surface area (TPSA) is 58.6 Å². The predicted octanol–water partition coefficient (Wildman–Crippen LogP) is 4.66. The average Bonchev–Trinajstić information content (AvgIpc) is 3.09.